The molecule has 0 radical (unpaired) electrons. The van der Waals surface area contributed by atoms with Crippen LogP contribution in [0.2, 0.25) is 0 Å². The molecule has 0 aromatic heterocycles. The molecule has 5 heteroatoms. The lowest BCUT2D eigenvalue weighted by Gasteiger charge is -2.23. The molecule has 4 aromatic carbocycles. The highest BCUT2D eigenvalue weighted by molar-refractivity contribution is 5.67. The third-order valence-electron chi connectivity index (χ3n) is 6.87. The maximum atomic E-state index is 10.5. The van der Waals surface area contributed by atoms with Crippen molar-refractivity contribution in [2.45, 2.75) is 46.6 Å². The predicted molar refractivity (Wildman–Crippen MR) is 180 cm³/mol. The van der Waals surface area contributed by atoms with Crippen LogP contribution in [0.1, 0.15) is 44.4 Å². The fourth-order valence-electron chi connectivity index (χ4n) is 4.50. The Morgan fingerprint density at radius 2 is 1.29 bits per heavy atom. The minimum Gasteiger partial charge on any atom is -0.507 e. The smallest absolute Gasteiger partial charge is 0.122 e. The van der Waals surface area contributed by atoms with Crippen molar-refractivity contribution in [1.29, 1.82) is 0 Å². The number of hydrogen-bond donors (Lipinski definition) is 5. The molecule has 5 nitrogen and oxygen atoms in total. The molecule has 0 saturated carbocycles. The summed E-state index contributed by atoms with van der Waals surface area (Å²) in [6.07, 6.45) is 6.00. The van der Waals surface area contributed by atoms with Crippen molar-refractivity contribution in [1.82, 2.24) is 5.32 Å². The van der Waals surface area contributed by atoms with Crippen LogP contribution in [0.25, 0.3) is 0 Å². The molecule has 0 saturated heterocycles. The Labute approximate surface area is 250 Å². The van der Waals surface area contributed by atoms with Gasteiger partial charge in [-0.15, -0.1) is 0 Å². The highest BCUT2D eigenvalue weighted by atomic mass is 16.3. The molecule has 0 atom stereocenters. The van der Waals surface area contributed by atoms with E-state index in [0.29, 0.717) is 12.3 Å². The van der Waals surface area contributed by atoms with E-state index in [-0.39, 0.29) is 5.41 Å². The molecule has 42 heavy (non-hydrogen) atoms. The molecule has 216 valence electrons. The van der Waals surface area contributed by atoms with Crippen LogP contribution in [-0.4, -0.2) is 5.11 Å². The number of phenols is 1. The normalized spacial score (nSPS) is 11.8. The monoisotopic (exact) mass is 558 g/mol. The Bertz CT molecular complexity index is 1540. The van der Waals surface area contributed by atoms with E-state index >= 15 is 0 Å². The second-order valence-electron chi connectivity index (χ2n) is 11.4. The summed E-state index contributed by atoms with van der Waals surface area (Å²) in [6.45, 7) is 15.1. The highest BCUT2D eigenvalue weighted by Crippen LogP contribution is 2.34. The number of anilines is 5. The average molecular weight is 559 g/mol. The van der Waals surface area contributed by atoms with Crippen LogP contribution in [-0.2, 0) is 12.0 Å². The maximum absolute atomic E-state index is 10.5. The van der Waals surface area contributed by atoms with Gasteiger partial charge < -0.3 is 26.4 Å². The summed E-state index contributed by atoms with van der Waals surface area (Å²) in [5.74, 6) is 0.378. The number of allylic oxidation sites excluding steroid dienone is 3. The molecule has 0 aliphatic carbocycles. The summed E-state index contributed by atoms with van der Waals surface area (Å²) < 4.78 is 0. The Morgan fingerprint density at radius 1 is 0.762 bits per heavy atom. The Balaban J connectivity index is 1.28. The van der Waals surface area contributed by atoms with Gasteiger partial charge in [-0.05, 0) is 115 Å². The Kier molecular flexibility index (Phi) is 9.77. The first-order chi connectivity index (χ1) is 20.1. The van der Waals surface area contributed by atoms with Gasteiger partial charge in [0.2, 0.25) is 0 Å². The Morgan fingerprint density at radius 3 is 1.81 bits per heavy atom. The van der Waals surface area contributed by atoms with Crippen LogP contribution in [0, 0.1) is 6.92 Å². The van der Waals surface area contributed by atoms with E-state index < -0.39 is 0 Å². The zero-order valence-electron chi connectivity index (χ0n) is 25.3. The number of aryl methyl sites for hydroxylation is 1. The van der Waals surface area contributed by atoms with Crippen LogP contribution in [0.15, 0.2) is 127 Å². The van der Waals surface area contributed by atoms with Crippen LogP contribution in [0.3, 0.4) is 0 Å². The van der Waals surface area contributed by atoms with Gasteiger partial charge in [0.05, 0.1) is 0 Å². The van der Waals surface area contributed by atoms with E-state index in [2.05, 4.69) is 103 Å². The van der Waals surface area contributed by atoms with Gasteiger partial charge in [-0.3, -0.25) is 0 Å². The van der Waals surface area contributed by atoms with Gasteiger partial charge in [0, 0.05) is 46.4 Å². The van der Waals surface area contributed by atoms with Gasteiger partial charge in [-0.2, -0.15) is 0 Å². The van der Waals surface area contributed by atoms with E-state index in [0.717, 1.165) is 56.5 Å². The van der Waals surface area contributed by atoms with Gasteiger partial charge >= 0.3 is 0 Å². The molecule has 0 amide bonds. The molecule has 4 aromatic rings. The third kappa shape index (κ3) is 8.55. The van der Waals surface area contributed by atoms with Crippen molar-refractivity contribution in [3.05, 3.63) is 144 Å². The highest BCUT2D eigenvalue weighted by Gasteiger charge is 2.20. The van der Waals surface area contributed by atoms with Crippen LogP contribution >= 0.6 is 0 Å². The van der Waals surface area contributed by atoms with Crippen LogP contribution in [0.5, 0.6) is 5.75 Å². The molecule has 0 spiro atoms. The molecule has 0 aliphatic heterocycles. The first-order valence-corrected chi connectivity index (χ1v) is 14.3. The molecule has 0 heterocycles. The van der Waals surface area contributed by atoms with Gasteiger partial charge in [-0.25, -0.2) is 0 Å². The summed E-state index contributed by atoms with van der Waals surface area (Å²) in [4.78, 5) is 0. The Hall–Kier alpha value is -4.90. The minimum atomic E-state index is -0.130. The van der Waals surface area contributed by atoms with E-state index in [1.807, 2.05) is 68.5 Å². The number of para-hydroxylation sites is 1. The number of rotatable bonds is 11. The number of aromatic hydroxyl groups is 1. The first-order valence-electron chi connectivity index (χ1n) is 14.3. The minimum absolute atomic E-state index is 0.130. The lowest BCUT2D eigenvalue weighted by Crippen LogP contribution is -2.15. The average Bonchev–Trinajstić information content (AvgIpc) is 2.97. The zero-order chi connectivity index (χ0) is 30.1. The standard InChI is InChI=1S/C37H42N4O/c1-7-29(14-13-27(3)38-25-28-23-26(2)36(42)35(24-28)37(4,5)6)39-31-15-17-33(18-16-31)41-34-21-19-32(20-22-34)40-30-11-9-8-10-12-30/h7-24,38-42H,3,25H2,1-2,4-6H3/b14-13-,29-7+. The number of hydrogen-bond acceptors (Lipinski definition) is 5. The van der Waals surface area contributed by atoms with Crippen molar-refractivity contribution >= 4 is 28.4 Å². The van der Waals surface area contributed by atoms with Crippen molar-refractivity contribution in [2.24, 2.45) is 0 Å². The summed E-state index contributed by atoms with van der Waals surface area (Å²) in [5.41, 5.74) is 9.74. The van der Waals surface area contributed by atoms with E-state index in [1.165, 1.54) is 0 Å². The molecular formula is C37H42N4O. The largest absolute Gasteiger partial charge is 0.507 e. The van der Waals surface area contributed by atoms with E-state index in [9.17, 15) is 5.11 Å². The molecule has 0 unspecified atom stereocenters. The van der Waals surface area contributed by atoms with Gasteiger partial charge in [0.1, 0.15) is 5.75 Å². The number of benzene rings is 4. The molecule has 0 fully saturated rings. The lowest BCUT2D eigenvalue weighted by atomic mass is 9.84. The topological polar surface area (TPSA) is 68.3 Å². The summed E-state index contributed by atoms with van der Waals surface area (Å²) in [5, 5.41) is 24.2. The van der Waals surface area contributed by atoms with Gasteiger partial charge in [0.15, 0.2) is 0 Å². The molecule has 0 bridgehead atoms. The fourth-order valence-corrected chi connectivity index (χ4v) is 4.50. The fraction of sp³-hybridized carbons (Fsp3) is 0.189. The lowest BCUT2D eigenvalue weighted by molar-refractivity contribution is 0.442. The van der Waals surface area contributed by atoms with E-state index in [4.69, 9.17) is 0 Å². The van der Waals surface area contributed by atoms with Crippen molar-refractivity contribution in [2.75, 3.05) is 16.0 Å². The van der Waals surface area contributed by atoms with Gasteiger partial charge in [0.25, 0.3) is 0 Å². The maximum Gasteiger partial charge on any atom is 0.122 e. The van der Waals surface area contributed by atoms with Crippen molar-refractivity contribution in [3.8, 4) is 5.75 Å². The van der Waals surface area contributed by atoms with E-state index in [1.54, 1.807) is 0 Å². The van der Waals surface area contributed by atoms with Crippen LogP contribution in [0.4, 0.5) is 28.4 Å². The predicted octanol–water partition coefficient (Wildman–Crippen LogP) is 9.66. The SMILES string of the molecule is C=C(/C=C\C(=C/C)Nc1ccc(Nc2ccc(Nc3ccccc3)cc2)cc1)NCc1cc(C)c(O)c(C(C)(C)C)c1. The third-order valence-corrected chi connectivity index (χ3v) is 6.87. The van der Waals surface area contributed by atoms with Crippen molar-refractivity contribution < 1.29 is 5.11 Å². The van der Waals surface area contributed by atoms with Crippen molar-refractivity contribution in [3.63, 3.8) is 0 Å². The summed E-state index contributed by atoms with van der Waals surface area (Å²) >= 11 is 0. The summed E-state index contributed by atoms with van der Waals surface area (Å²) in [6, 6.07) is 30.7. The second kappa shape index (κ2) is 13.6. The summed E-state index contributed by atoms with van der Waals surface area (Å²) in [7, 11) is 0. The number of phenolic OH excluding ortho intramolecular Hbond substituents is 1. The van der Waals surface area contributed by atoms with Crippen LogP contribution < -0.4 is 21.3 Å². The molecule has 4 rings (SSSR count). The first kappa shape index (κ1) is 30.1. The second-order valence-corrected chi connectivity index (χ2v) is 11.4. The molecular weight excluding hydrogens is 516 g/mol. The van der Waals surface area contributed by atoms with Gasteiger partial charge in [-0.1, -0.05) is 57.7 Å². The quantitative estimate of drug-likeness (QED) is 0.119. The molecule has 0 aliphatic rings. The molecule has 5 N–H and O–H groups in total. The zero-order valence-corrected chi connectivity index (χ0v) is 25.3. The number of nitrogens with one attached hydrogen (secondary N) is 4.